The Labute approximate surface area is 169 Å². The van der Waals surface area contributed by atoms with Gasteiger partial charge in [0, 0.05) is 29.2 Å². The molecule has 2 N–H and O–H groups in total. The van der Waals surface area contributed by atoms with E-state index in [1.54, 1.807) is 13.3 Å². The number of carbonyl (C=O) groups is 1. The number of aromatic nitrogens is 2. The summed E-state index contributed by atoms with van der Waals surface area (Å²) >= 11 is 0. The zero-order chi connectivity index (χ0) is 20.2. The van der Waals surface area contributed by atoms with Crippen molar-refractivity contribution in [1.29, 1.82) is 0 Å². The molecule has 0 atom stereocenters. The van der Waals surface area contributed by atoms with Gasteiger partial charge in [0.1, 0.15) is 11.6 Å². The quantitative estimate of drug-likeness (QED) is 0.484. The lowest BCUT2D eigenvalue weighted by molar-refractivity contribution is -0.116. The number of nitrogens with zero attached hydrogens (tertiary/aromatic N) is 1. The lowest BCUT2D eigenvalue weighted by atomic mass is 10.0. The molecule has 5 heteroatoms. The minimum atomic E-state index is -0.0437. The molecule has 0 aliphatic rings. The molecule has 0 aliphatic heterocycles. The van der Waals surface area contributed by atoms with Gasteiger partial charge in [-0.2, -0.15) is 0 Å². The molecule has 0 bridgehead atoms. The van der Waals surface area contributed by atoms with E-state index in [9.17, 15) is 4.79 Å². The summed E-state index contributed by atoms with van der Waals surface area (Å²) in [5.74, 6) is 1.39. The van der Waals surface area contributed by atoms with Crippen LogP contribution in [0.15, 0.2) is 66.9 Å². The van der Waals surface area contributed by atoms with Crippen molar-refractivity contribution in [3.63, 3.8) is 0 Å². The first-order valence-corrected chi connectivity index (χ1v) is 9.61. The highest BCUT2D eigenvalue weighted by Gasteiger charge is 2.15. The van der Waals surface area contributed by atoms with Gasteiger partial charge in [-0.05, 0) is 66.4 Å². The van der Waals surface area contributed by atoms with E-state index in [0.29, 0.717) is 18.7 Å². The number of pyridine rings is 1. The van der Waals surface area contributed by atoms with Crippen LogP contribution in [0.5, 0.6) is 5.75 Å². The van der Waals surface area contributed by atoms with Gasteiger partial charge in [-0.1, -0.05) is 24.3 Å². The van der Waals surface area contributed by atoms with E-state index in [1.807, 2.05) is 55.5 Å². The summed E-state index contributed by atoms with van der Waals surface area (Å²) in [6, 6.07) is 19.9. The largest absolute Gasteiger partial charge is 0.497 e. The summed E-state index contributed by atoms with van der Waals surface area (Å²) < 4.78 is 5.27. The number of ether oxygens (including phenoxy) is 1. The van der Waals surface area contributed by atoms with Crippen molar-refractivity contribution < 1.29 is 9.53 Å². The van der Waals surface area contributed by atoms with Crippen LogP contribution in [0.4, 0.5) is 5.82 Å². The molecule has 4 aromatic rings. The average molecular weight is 385 g/mol. The monoisotopic (exact) mass is 385 g/mol. The van der Waals surface area contributed by atoms with Crippen LogP contribution in [-0.2, 0) is 11.2 Å². The van der Waals surface area contributed by atoms with E-state index in [-0.39, 0.29) is 5.91 Å². The van der Waals surface area contributed by atoms with Gasteiger partial charge < -0.3 is 15.0 Å². The maximum absolute atomic E-state index is 12.5. The van der Waals surface area contributed by atoms with Gasteiger partial charge in [0.25, 0.3) is 0 Å². The maximum atomic E-state index is 12.5. The first kappa shape index (κ1) is 18.7. The molecule has 4 rings (SSSR count). The standard InChI is InChI=1S/C24H23N3O2/c1-16-6-5-15-25-24(16)27-22(28)14-13-20-19-7-3-4-8-21(19)26-23(20)17-9-11-18(29-2)12-10-17/h3-12,15,26H,13-14H2,1-2H3,(H,25,27,28). The minimum absolute atomic E-state index is 0.0437. The second-order valence-corrected chi connectivity index (χ2v) is 6.97. The predicted molar refractivity (Wildman–Crippen MR) is 116 cm³/mol. The fraction of sp³-hybridized carbons (Fsp3) is 0.167. The number of H-pyrrole nitrogens is 1. The Morgan fingerprint density at radius 2 is 1.86 bits per heavy atom. The summed E-state index contributed by atoms with van der Waals surface area (Å²) in [6.45, 7) is 1.93. The lowest BCUT2D eigenvalue weighted by Crippen LogP contribution is -2.14. The smallest absolute Gasteiger partial charge is 0.225 e. The molecule has 0 aliphatic carbocycles. The van der Waals surface area contributed by atoms with Crippen LogP contribution in [0.2, 0.25) is 0 Å². The Hall–Kier alpha value is -3.60. The van der Waals surface area contributed by atoms with Gasteiger partial charge in [-0.25, -0.2) is 4.98 Å². The minimum Gasteiger partial charge on any atom is -0.497 e. The van der Waals surface area contributed by atoms with Crippen LogP contribution in [-0.4, -0.2) is 23.0 Å². The van der Waals surface area contributed by atoms with Crippen LogP contribution in [0.3, 0.4) is 0 Å². The molecule has 2 heterocycles. The van der Waals surface area contributed by atoms with E-state index in [2.05, 4.69) is 27.4 Å². The Balaban J connectivity index is 1.60. The molecule has 0 saturated carbocycles. The first-order valence-electron chi connectivity index (χ1n) is 9.61. The average Bonchev–Trinajstić information content (AvgIpc) is 3.12. The molecule has 29 heavy (non-hydrogen) atoms. The SMILES string of the molecule is COc1ccc(-c2[nH]c3ccccc3c2CCC(=O)Nc2ncccc2C)cc1. The fourth-order valence-corrected chi connectivity index (χ4v) is 3.51. The summed E-state index contributed by atoms with van der Waals surface area (Å²) in [5, 5.41) is 4.06. The maximum Gasteiger partial charge on any atom is 0.225 e. The number of benzene rings is 2. The zero-order valence-corrected chi connectivity index (χ0v) is 16.5. The molecule has 2 aromatic heterocycles. The molecule has 0 spiro atoms. The number of fused-ring (bicyclic) bond motifs is 1. The Morgan fingerprint density at radius 1 is 1.07 bits per heavy atom. The number of methoxy groups -OCH3 is 1. The number of anilines is 1. The van der Waals surface area contributed by atoms with Gasteiger partial charge >= 0.3 is 0 Å². The Bertz CT molecular complexity index is 1150. The number of rotatable bonds is 6. The van der Waals surface area contributed by atoms with Crippen LogP contribution in [0, 0.1) is 6.92 Å². The van der Waals surface area contributed by atoms with Crippen molar-refractivity contribution in [2.75, 3.05) is 12.4 Å². The molecule has 146 valence electrons. The number of para-hydroxylation sites is 1. The van der Waals surface area contributed by atoms with Gasteiger partial charge in [0.05, 0.1) is 7.11 Å². The number of hydrogen-bond acceptors (Lipinski definition) is 3. The zero-order valence-electron chi connectivity index (χ0n) is 16.5. The lowest BCUT2D eigenvalue weighted by Gasteiger charge is -2.08. The number of aromatic amines is 1. The number of carbonyl (C=O) groups excluding carboxylic acids is 1. The second kappa shape index (κ2) is 8.19. The van der Waals surface area contributed by atoms with E-state index in [1.165, 1.54) is 0 Å². The van der Waals surface area contributed by atoms with Gasteiger partial charge in [0.2, 0.25) is 5.91 Å². The van der Waals surface area contributed by atoms with Gasteiger partial charge in [-0.15, -0.1) is 0 Å². The van der Waals surface area contributed by atoms with Crippen molar-refractivity contribution in [1.82, 2.24) is 9.97 Å². The van der Waals surface area contributed by atoms with Gasteiger partial charge in [0.15, 0.2) is 0 Å². The molecular formula is C24H23N3O2. The molecule has 0 unspecified atom stereocenters. The summed E-state index contributed by atoms with van der Waals surface area (Å²) in [4.78, 5) is 20.3. The van der Waals surface area contributed by atoms with Crippen molar-refractivity contribution in [2.24, 2.45) is 0 Å². The number of amides is 1. The number of aryl methyl sites for hydroxylation is 2. The van der Waals surface area contributed by atoms with Crippen molar-refractivity contribution in [3.05, 3.63) is 78.0 Å². The van der Waals surface area contributed by atoms with E-state index in [4.69, 9.17) is 4.74 Å². The summed E-state index contributed by atoms with van der Waals surface area (Å²) in [5.41, 5.74) is 5.26. The van der Waals surface area contributed by atoms with Gasteiger partial charge in [-0.3, -0.25) is 4.79 Å². The second-order valence-electron chi connectivity index (χ2n) is 6.97. The predicted octanol–water partition coefficient (Wildman–Crippen LogP) is 5.12. The molecule has 0 fully saturated rings. The highest BCUT2D eigenvalue weighted by atomic mass is 16.5. The third-order valence-corrected chi connectivity index (χ3v) is 5.06. The normalized spacial score (nSPS) is 10.8. The Morgan fingerprint density at radius 3 is 2.62 bits per heavy atom. The third-order valence-electron chi connectivity index (χ3n) is 5.06. The Kier molecular flexibility index (Phi) is 5.29. The van der Waals surface area contributed by atoms with Crippen molar-refractivity contribution >= 4 is 22.6 Å². The molecule has 5 nitrogen and oxygen atoms in total. The topological polar surface area (TPSA) is 67.0 Å². The van der Waals surface area contributed by atoms with Crippen LogP contribution in [0.25, 0.3) is 22.2 Å². The van der Waals surface area contributed by atoms with Crippen LogP contribution in [0.1, 0.15) is 17.5 Å². The van der Waals surface area contributed by atoms with E-state index in [0.717, 1.165) is 39.0 Å². The molecule has 1 amide bonds. The third kappa shape index (κ3) is 3.99. The van der Waals surface area contributed by atoms with Crippen molar-refractivity contribution in [2.45, 2.75) is 19.8 Å². The number of nitrogens with one attached hydrogen (secondary N) is 2. The molecular weight excluding hydrogens is 362 g/mol. The summed E-state index contributed by atoms with van der Waals surface area (Å²) in [7, 11) is 1.66. The van der Waals surface area contributed by atoms with E-state index < -0.39 is 0 Å². The fourth-order valence-electron chi connectivity index (χ4n) is 3.51. The number of hydrogen-bond donors (Lipinski definition) is 2. The molecule has 2 aromatic carbocycles. The van der Waals surface area contributed by atoms with Crippen LogP contribution >= 0.6 is 0 Å². The highest BCUT2D eigenvalue weighted by Crippen LogP contribution is 2.32. The molecule has 0 radical (unpaired) electrons. The van der Waals surface area contributed by atoms with Crippen LogP contribution < -0.4 is 10.1 Å². The highest BCUT2D eigenvalue weighted by molar-refractivity contribution is 5.93. The summed E-state index contributed by atoms with van der Waals surface area (Å²) in [6.07, 6.45) is 2.69. The van der Waals surface area contributed by atoms with E-state index >= 15 is 0 Å². The molecule has 0 saturated heterocycles. The van der Waals surface area contributed by atoms with Crippen molar-refractivity contribution in [3.8, 4) is 17.0 Å². The first-order chi connectivity index (χ1) is 14.2.